The molecule has 2 aliphatic rings. The number of carbonyl (C=O) groups excluding carboxylic acids is 2. The third-order valence-corrected chi connectivity index (χ3v) is 4.28. The van der Waals surface area contributed by atoms with Gasteiger partial charge in [0, 0.05) is 30.8 Å². The second-order valence-electron chi connectivity index (χ2n) is 5.80. The first-order chi connectivity index (χ1) is 11.0. The first kappa shape index (κ1) is 15.8. The summed E-state index contributed by atoms with van der Waals surface area (Å²) in [4.78, 5) is 25.5. The number of hydrogen-bond donors (Lipinski definition) is 3. The Hall–Kier alpha value is -2.06. The molecule has 6 nitrogen and oxygen atoms in total. The average Bonchev–Trinajstić information content (AvgIpc) is 2.95. The average molecular weight is 325 g/mol. The fourth-order valence-electron chi connectivity index (χ4n) is 3.05. The molecule has 0 radical (unpaired) electrons. The van der Waals surface area contributed by atoms with Crippen molar-refractivity contribution in [3.63, 3.8) is 0 Å². The van der Waals surface area contributed by atoms with Gasteiger partial charge in [-0.15, -0.1) is 0 Å². The Bertz CT molecular complexity index is 640. The number of carbonyl (C=O) groups is 2. The standard InChI is InChI=1S/C15H17F2N3O3/c16-9-2-1-8(11(17)3-9)5-18-10-4-13-14(22)19-12(7-21)15(23)20(13)6-10/h1-3,10,12-13,18,21H,4-7H2,(H,19,22)/t10-,12-,13-/m0/s1. The van der Waals surface area contributed by atoms with E-state index in [2.05, 4.69) is 10.6 Å². The highest BCUT2D eigenvalue weighted by Gasteiger charge is 2.46. The number of halogens is 2. The Kier molecular flexibility index (Phi) is 4.27. The van der Waals surface area contributed by atoms with Crippen molar-refractivity contribution < 1.29 is 23.5 Å². The van der Waals surface area contributed by atoms with Gasteiger partial charge in [0.2, 0.25) is 11.8 Å². The molecule has 0 unspecified atom stereocenters. The fourth-order valence-corrected chi connectivity index (χ4v) is 3.05. The lowest BCUT2D eigenvalue weighted by Crippen LogP contribution is -2.62. The van der Waals surface area contributed by atoms with Gasteiger partial charge in [-0.25, -0.2) is 8.78 Å². The van der Waals surface area contributed by atoms with Gasteiger partial charge in [0.25, 0.3) is 0 Å². The smallest absolute Gasteiger partial charge is 0.248 e. The van der Waals surface area contributed by atoms with Crippen LogP contribution in [0.1, 0.15) is 12.0 Å². The molecule has 0 saturated carbocycles. The van der Waals surface area contributed by atoms with Crippen molar-refractivity contribution in [2.45, 2.75) is 31.1 Å². The molecule has 2 aliphatic heterocycles. The van der Waals surface area contributed by atoms with Gasteiger partial charge in [-0.3, -0.25) is 9.59 Å². The van der Waals surface area contributed by atoms with Crippen LogP contribution in [0.5, 0.6) is 0 Å². The molecule has 3 atom stereocenters. The molecule has 1 aromatic carbocycles. The van der Waals surface area contributed by atoms with E-state index < -0.39 is 30.3 Å². The highest BCUT2D eigenvalue weighted by atomic mass is 19.1. The van der Waals surface area contributed by atoms with Crippen LogP contribution < -0.4 is 10.6 Å². The molecule has 3 rings (SSSR count). The molecule has 2 fully saturated rings. The maximum absolute atomic E-state index is 13.6. The van der Waals surface area contributed by atoms with Crippen molar-refractivity contribution in [2.75, 3.05) is 13.2 Å². The molecule has 8 heteroatoms. The van der Waals surface area contributed by atoms with Gasteiger partial charge >= 0.3 is 0 Å². The van der Waals surface area contributed by atoms with Crippen LogP contribution in [0.4, 0.5) is 8.78 Å². The number of piperazine rings is 1. The van der Waals surface area contributed by atoms with Crippen molar-refractivity contribution in [3.05, 3.63) is 35.4 Å². The molecule has 23 heavy (non-hydrogen) atoms. The van der Waals surface area contributed by atoms with Crippen LogP contribution in [0.25, 0.3) is 0 Å². The van der Waals surface area contributed by atoms with Crippen molar-refractivity contribution in [3.8, 4) is 0 Å². The predicted molar refractivity (Wildman–Crippen MR) is 76.1 cm³/mol. The van der Waals surface area contributed by atoms with Gasteiger partial charge in [-0.2, -0.15) is 0 Å². The first-order valence-corrected chi connectivity index (χ1v) is 7.38. The molecule has 0 aromatic heterocycles. The fraction of sp³-hybridized carbons (Fsp3) is 0.467. The van der Waals surface area contributed by atoms with Crippen LogP contribution in [0.3, 0.4) is 0 Å². The monoisotopic (exact) mass is 325 g/mol. The Morgan fingerprint density at radius 1 is 1.35 bits per heavy atom. The second-order valence-corrected chi connectivity index (χ2v) is 5.80. The summed E-state index contributed by atoms with van der Waals surface area (Å²) in [6.07, 6.45) is 0.415. The third kappa shape index (κ3) is 3.04. The SMILES string of the molecule is O=C1N[C@@H](CO)C(=O)N2C[C@@H](NCc3ccc(F)cc3F)C[C@@H]12. The number of aliphatic hydroxyl groups excluding tert-OH is 1. The van der Waals surface area contributed by atoms with Gasteiger partial charge in [-0.05, 0) is 12.5 Å². The molecule has 2 heterocycles. The largest absolute Gasteiger partial charge is 0.394 e. The number of nitrogens with one attached hydrogen (secondary N) is 2. The van der Waals surface area contributed by atoms with Gasteiger partial charge < -0.3 is 20.6 Å². The molecule has 1 aromatic rings. The quantitative estimate of drug-likeness (QED) is 0.698. The topological polar surface area (TPSA) is 81.7 Å². The summed E-state index contributed by atoms with van der Waals surface area (Å²) in [5.41, 5.74) is 0.320. The Morgan fingerprint density at radius 3 is 2.83 bits per heavy atom. The van der Waals surface area contributed by atoms with Gasteiger partial charge in [0.05, 0.1) is 6.61 Å². The minimum atomic E-state index is -0.896. The number of rotatable bonds is 4. The molecule has 0 spiro atoms. The van der Waals surface area contributed by atoms with Crippen molar-refractivity contribution in [1.82, 2.24) is 15.5 Å². The predicted octanol–water partition coefficient (Wildman–Crippen LogP) is -0.485. The van der Waals surface area contributed by atoms with Crippen LogP contribution in [0, 0.1) is 11.6 Å². The lowest BCUT2D eigenvalue weighted by atomic mass is 10.1. The summed E-state index contributed by atoms with van der Waals surface area (Å²) in [6.45, 7) is 0.0551. The summed E-state index contributed by atoms with van der Waals surface area (Å²) >= 11 is 0. The third-order valence-electron chi connectivity index (χ3n) is 4.28. The van der Waals surface area contributed by atoms with Gasteiger partial charge in [-0.1, -0.05) is 6.07 Å². The zero-order chi connectivity index (χ0) is 16.6. The van der Waals surface area contributed by atoms with E-state index in [9.17, 15) is 18.4 Å². The van der Waals surface area contributed by atoms with Crippen molar-refractivity contribution in [2.24, 2.45) is 0 Å². The number of aliphatic hydroxyl groups is 1. The number of nitrogens with zero attached hydrogens (tertiary/aromatic N) is 1. The van der Waals surface area contributed by atoms with Crippen LogP contribution in [0.15, 0.2) is 18.2 Å². The van der Waals surface area contributed by atoms with Crippen LogP contribution in [-0.2, 0) is 16.1 Å². The molecular weight excluding hydrogens is 308 g/mol. The zero-order valence-corrected chi connectivity index (χ0v) is 12.3. The normalized spacial score (nSPS) is 27.1. The van der Waals surface area contributed by atoms with E-state index >= 15 is 0 Å². The molecule has 2 saturated heterocycles. The summed E-state index contributed by atoms with van der Waals surface area (Å²) in [7, 11) is 0. The van der Waals surface area contributed by atoms with Crippen LogP contribution >= 0.6 is 0 Å². The minimum Gasteiger partial charge on any atom is -0.394 e. The second kappa shape index (κ2) is 6.21. The molecule has 124 valence electrons. The summed E-state index contributed by atoms with van der Waals surface area (Å²) < 4.78 is 26.5. The Morgan fingerprint density at radius 2 is 2.13 bits per heavy atom. The highest BCUT2D eigenvalue weighted by molar-refractivity contribution is 5.97. The lowest BCUT2D eigenvalue weighted by molar-refractivity contribution is -0.148. The van der Waals surface area contributed by atoms with E-state index in [1.54, 1.807) is 0 Å². The van der Waals surface area contributed by atoms with E-state index in [4.69, 9.17) is 5.11 Å². The van der Waals surface area contributed by atoms with Gasteiger partial charge in [0.1, 0.15) is 23.7 Å². The summed E-state index contributed by atoms with van der Waals surface area (Å²) in [5.74, 6) is -1.88. The maximum Gasteiger partial charge on any atom is 0.248 e. The summed E-state index contributed by atoms with van der Waals surface area (Å²) in [5, 5.41) is 14.7. The van der Waals surface area contributed by atoms with E-state index in [-0.39, 0.29) is 24.4 Å². The number of fused-ring (bicyclic) bond motifs is 1. The summed E-state index contributed by atoms with van der Waals surface area (Å²) in [6, 6.07) is 1.72. The lowest BCUT2D eigenvalue weighted by Gasteiger charge is -2.33. The van der Waals surface area contributed by atoms with E-state index in [0.717, 1.165) is 6.07 Å². The molecule has 2 amide bonds. The van der Waals surface area contributed by atoms with Crippen molar-refractivity contribution >= 4 is 11.8 Å². The Labute approximate surface area is 131 Å². The highest BCUT2D eigenvalue weighted by Crippen LogP contribution is 2.23. The van der Waals surface area contributed by atoms with Crippen LogP contribution in [-0.4, -0.2) is 53.1 Å². The first-order valence-electron chi connectivity index (χ1n) is 7.38. The number of benzene rings is 1. The number of amides is 2. The minimum absolute atomic E-state index is 0.170. The van der Waals surface area contributed by atoms with Crippen molar-refractivity contribution in [1.29, 1.82) is 0 Å². The van der Waals surface area contributed by atoms with E-state index in [1.807, 2.05) is 0 Å². The molecule has 0 aliphatic carbocycles. The Balaban J connectivity index is 1.63. The molecule has 3 N–H and O–H groups in total. The maximum atomic E-state index is 13.6. The van der Waals surface area contributed by atoms with Gasteiger partial charge in [0.15, 0.2) is 0 Å². The van der Waals surface area contributed by atoms with Crippen LogP contribution in [0.2, 0.25) is 0 Å². The number of hydrogen-bond acceptors (Lipinski definition) is 4. The zero-order valence-electron chi connectivity index (χ0n) is 12.3. The molecular formula is C15H17F2N3O3. The van der Waals surface area contributed by atoms with E-state index in [1.165, 1.54) is 17.0 Å². The molecule has 0 bridgehead atoms. The van der Waals surface area contributed by atoms with E-state index in [0.29, 0.717) is 18.5 Å².